The molecule has 0 amide bonds. The molecule has 88 valence electrons. The van der Waals surface area contributed by atoms with Crippen molar-refractivity contribution in [3.63, 3.8) is 0 Å². The van der Waals surface area contributed by atoms with Gasteiger partial charge in [-0.3, -0.25) is 4.90 Å². The third kappa shape index (κ3) is 2.21. The van der Waals surface area contributed by atoms with Gasteiger partial charge in [0.15, 0.2) is 0 Å². The molecule has 2 unspecified atom stereocenters. The third-order valence-electron chi connectivity index (χ3n) is 3.35. The van der Waals surface area contributed by atoms with Crippen LogP contribution in [-0.2, 0) is 6.54 Å². The number of likely N-dealkylation sites (tertiary alicyclic amines) is 1. The maximum atomic E-state index is 13.7. The fraction of sp³-hybridized carbons (Fsp3) is 0.500. The Labute approximate surface area is 100 Å². The zero-order valence-corrected chi connectivity index (χ0v) is 10.0. The van der Waals surface area contributed by atoms with Crippen molar-refractivity contribution in [3.8, 4) is 0 Å². The zero-order chi connectivity index (χ0) is 11.7. The first-order chi connectivity index (χ1) is 7.59. The number of benzene rings is 1. The van der Waals surface area contributed by atoms with Crippen molar-refractivity contribution in [2.75, 3.05) is 6.54 Å². The van der Waals surface area contributed by atoms with Crippen LogP contribution in [0, 0.1) is 5.82 Å². The lowest BCUT2D eigenvalue weighted by molar-refractivity contribution is 0.248. The highest BCUT2D eigenvalue weighted by Crippen LogP contribution is 2.23. The summed E-state index contributed by atoms with van der Waals surface area (Å²) in [5.41, 5.74) is 6.58. The van der Waals surface area contributed by atoms with Gasteiger partial charge in [0.2, 0.25) is 0 Å². The lowest BCUT2D eigenvalue weighted by Gasteiger charge is -2.23. The molecule has 1 heterocycles. The summed E-state index contributed by atoms with van der Waals surface area (Å²) in [6.07, 6.45) is 0.976. The second-order valence-corrected chi connectivity index (χ2v) is 4.78. The lowest BCUT2D eigenvalue weighted by Crippen LogP contribution is -2.36. The van der Waals surface area contributed by atoms with E-state index in [0.29, 0.717) is 18.2 Å². The zero-order valence-electron chi connectivity index (χ0n) is 9.29. The van der Waals surface area contributed by atoms with Crippen LogP contribution in [0.15, 0.2) is 18.2 Å². The Balaban J connectivity index is 2.12. The van der Waals surface area contributed by atoms with Crippen molar-refractivity contribution in [1.29, 1.82) is 0 Å². The van der Waals surface area contributed by atoms with Gasteiger partial charge in [-0.1, -0.05) is 23.7 Å². The van der Waals surface area contributed by atoms with E-state index in [2.05, 4.69) is 11.8 Å². The van der Waals surface area contributed by atoms with Crippen LogP contribution in [0.25, 0.3) is 0 Å². The summed E-state index contributed by atoms with van der Waals surface area (Å²) >= 11 is 5.75. The number of hydrogen-bond acceptors (Lipinski definition) is 2. The summed E-state index contributed by atoms with van der Waals surface area (Å²) in [5, 5.41) is 0.189. The monoisotopic (exact) mass is 242 g/mol. The minimum Gasteiger partial charge on any atom is -0.326 e. The van der Waals surface area contributed by atoms with Crippen LogP contribution in [0.1, 0.15) is 18.9 Å². The van der Waals surface area contributed by atoms with E-state index in [1.54, 1.807) is 18.2 Å². The summed E-state index contributed by atoms with van der Waals surface area (Å²) in [7, 11) is 0. The standard InChI is InChI=1S/C12H16ClFN2/c1-8-11(15)5-6-16(8)7-9-3-2-4-10(13)12(9)14/h2-4,8,11H,5-7,15H2,1H3. The normalized spacial score (nSPS) is 26.2. The molecular weight excluding hydrogens is 227 g/mol. The number of rotatable bonds is 2. The Morgan fingerprint density at radius 2 is 2.31 bits per heavy atom. The predicted molar refractivity (Wildman–Crippen MR) is 63.9 cm³/mol. The first-order valence-corrected chi connectivity index (χ1v) is 5.90. The molecule has 1 aliphatic rings. The van der Waals surface area contributed by atoms with Gasteiger partial charge in [0.05, 0.1) is 5.02 Å². The van der Waals surface area contributed by atoms with Crippen molar-refractivity contribution in [1.82, 2.24) is 4.90 Å². The van der Waals surface area contributed by atoms with Gasteiger partial charge in [-0.05, 0) is 19.4 Å². The molecule has 0 radical (unpaired) electrons. The quantitative estimate of drug-likeness (QED) is 0.863. The summed E-state index contributed by atoms with van der Waals surface area (Å²) in [4.78, 5) is 2.19. The van der Waals surface area contributed by atoms with Crippen molar-refractivity contribution in [3.05, 3.63) is 34.6 Å². The molecule has 0 aromatic heterocycles. The van der Waals surface area contributed by atoms with Crippen LogP contribution in [-0.4, -0.2) is 23.5 Å². The fourth-order valence-corrected chi connectivity index (χ4v) is 2.34. The van der Waals surface area contributed by atoms with Gasteiger partial charge < -0.3 is 5.73 Å². The van der Waals surface area contributed by atoms with Crippen molar-refractivity contribution < 1.29 is 4.39 Å². The average Bonchev–Trinajstić information content (AvgIpc) is 2.57. The maximum Gasteiger partial charge on any atom is 0.146 e. The molecule has 1 saturated heterocycles. The van der Waals surface area contributed by atoms with Gasteiger partial charge in [0.25, 0.3) is 0 Å². The molecule has 2 atom stereocenters. The Bertz CT molecular complexity index is 383. The molecule has 0 spiro atoms. The molecule has 1 aromatic carbocycles. The molecule has 0 bridgehead atoms. The van der Waals surface area contributed by atoms with Gasteiger partial charge in [-0.15, -0.1) is 0 Å². The first kappa shape index (κ1) is 11.8. The molecule has 16 heavy (non-hydrogen) atoms. The summed E-state index contributed by atoms with van der Waals surface area (Å²) in [6, 6.07) is 5.62. The number of halogens is 2. The Hall–Kier alpha value is -0.640. The van der Waals surface area contributed by atoms with Gasteiger partial charge in [0, 0.05) is 30.7 Å². The van der Waals surface area contributed by atoms with E-state index in [-0.39, 0.29) is 16.9 Å². The maximum absolute atomic E-state index is 13.7. The number of nitrogens with two attached hydrogens (primary N) is 1. The lowest BCUT2D eigenvalue weighted by atomic mass is 10.1. The largest absolute Gasteiger partial charge is 0.326 e. The van der Waals surface area contributed by atoms with Crippen LogP contribution < -0.4 is 5.73 Å². The molecule has 0 aliphatic carbocycles. The fourth-order valence-electron chi connectivity index (χ4n) is 2.14. The second kappa shape index (κ2) is 4.70. The SMILES string of the molecule is CC1C(N)CCN1Cc1cccc(Cl)c1F. The van der Waals surface area contributed by atoms with Crippen LogP contribution in [0.2, 0.25) is 5.02 Å². The summed E-state index contributed by atoms with van der Waals surface area (Å²) in [6.45, 7) is 3.59. The number of hydrogen-bond donors (Lipinski definition) is 1. The number of nitrogens with zero attached hydrogens (tertiary/aromatic N) is 1. The molecule has 2 nitrogen and oxygen atoms in total. The highest BCUT2D eigenvalue weighted by atomic mass is 35.5. The second-order valence-electron chi connectivity index (χ2n) is 4.38. The van der Waals surface area contributed by atoms with Crippen LogP contribution in [0.5, 0.6) is 0 Å². The van der Waals surface area contributed by atoms with Gasteiger partial charge in [-0.25, -0.2) is 4.39 Å². The molecule has 4 heteroatoms. The summed E-state index contributed by atoms with van der Waals surface area (Å²) in [5.74, 6) is -0.308. The van der Waals surface area contributed by atoms with E-state index in [4.69, 9.17) is 17.3 Å². The van der Waals surface area contributed by atoms with Crippen LogP contribution in [0.3, 0.4) is 0 Å². The van der Waals surface area contributed by atoms with Gasteiger partial charge in [-0.2, -0.15) is 0 Å². The van der Waals surface area contributed by atoms with E-state index < -0.39 is 0 Å². The van der Waals surface area contributed by atoms with Crippen LogP contribution >= 0.6 is 11.6 Å². The Morgan fingerprint density at radius 3 is 2.94 bits per heavy atom. The molecular formula is C12H16ClFN2. The Kier molecular flexibility index (Phi) is 3.47. The van der Waals surface area contributed by atoms with E-state index in [1.807, 2.05) is 0 Å². The first-order valence-electron chi connectivity index (χ1n) is 5.52. The van der Waals surface area contributed by atoms with E-state index >= 15 is 0 Å². The minimum atomic E-state index is -0.308. The van der Waals surface area contributed by atoms with Gasteiger partial charge >= 0.3 is 0 Å². The van der Waals surface area contributed by atoms with Gasteiger partial charge in [0.1, 0.15) is 5.82 Å². The van der Waals surface area contributed by atoms with E-state index in [9.17, 15) is 4.39 Å². The third-order valence-corrected chi connectivity index (χ3v) is 3.64. The molecule has 1 aromatic rings. The molecule has 0 saturated carbocycles. The topological polar surface area (TPSA) is 29.3 Å². The molecule has 1 fully saturated rings. The molecule has 2 N–H and O–H groups in total. The van der Waals surface area contributed by atoms with Crippen molar-refractivity contribution >= 4 is 11.6 Å². The highest BCUT2D eigenvalue weighted by Gasteiger charge is 2.28. The average molecular weight is 243 g/mol. The highest BCUT2D eigenvalue weighted by molar-refractivity contribution is 6.30. The van der Waals surface area contributed by atoms with Crippen LogP contribution in [0.4, 0.5) is 4.39 Å². The van der Waals surface area contributed by atoms with Crippen molar-refractivity contribution in [2.24, 2.45) is 5.73 Å². The van der Waals surface area contributed by atoms with E-state index in [0.717, 1.165) is 13.0 Å². The molecule has 1 aliphatic heterocycles. The van der Waals surface area contributed by atoms with E-state index in [1.165, 1.54) is 0 Å². The molecule has 2 rings (SSSR count). The summed E-state index contributed by atoms with van der Waals surface area (Å²) < 4.78 is 13.7. The smallest absolute Gasteiger partial charge is 0.146 e. The Morgan fingerprint density at radius 1 is 1.56 bits per heavy atom. The minimum absolute atomic E-state index is 0.189. The van der Waals surface area contributed by atoms with Crippen molar-refractivity contribution in [2.45, 2.75) is 32.0 Å². The predicted octanol–water partition coefficient (Wildman–Crippen LogP) is 2.40.